The summed E-state index contributed by atoms with van der Waals surface area (Å²) in [4.78, 5) is 44.1. The Bertz CT molecular complexity index is 1250. The maximum absolute atomic E-state index is 14.1. The Morgan fingerprint density at radius 1 is 1.17 bits per heavy atom. The molecule has 0 radical (unpaired) electrons. The average molecular weight is 584 g/mol. The largest absolute Gasteiger partial charge is 0.382 e. The smallest absolute Gasteiger partial charge is 0.318 e. The lowest BCUT2D eigenvalue weighted by atomic mass is 9.81. The van der Waals surface area contributed by atoms with Gasteiger partial charge in [0.25, 0.3) is 11.8 Å². The SMILES string of the molecule is CCn1nccc1C(=O)N[C@@H](C(=O)Nc1cc([C@@H](COC)N2CC(F)(F)CNC2=O)ccn1)C1CCC(F)(F)CC1. The lowest BCUT2D eigenvalue weighted by Gasteiger charge is -2.38. The van der Waals surface area contributed by atoms with E-state index in [1.165, 1.54) is 42.4 Å². The number of ether oxygens (including phenoxy) is 1. The molecule has 224 valence electrons. The Labute approximate surface area is 234 Å². The van der Waals surface area contributed by atoms with Crippen LogP contribution in [0.3, 0.4) is 0 Å². The van der Waals surface area contributed by atoms with Gasteiger partial charge < -0.3 is 25.6 Å². The average Bonchev–Trinajstić information content (AvgIpc) is 3.41. The van der Waals surface area contributed by atoms with Gasteiger partial charge in [0.15, 0.2) is 0 Å². The molecular formula is C26H33F4N7O4. The Morgan fingerprint density at radius 2 is 1.90 bits per heavy atom. The third-order valence-corrected chi connectivity index (χ3v) is 7.33. The topological polar surface area (TPSA) is 130 Å². The van der Waals surface area contributed by atoms with Crippen LogP contribution in [0.25, 0.3) is 0 Å². The molecule has 0 bridgehead atoms. The molecule has 4 amide bonds. The maximum Gasteiger partial charge on any atom is 0.318 e. The molecule has 3 heterocycles. The Balaban J connectivity index is 1.56. The van der Waals surface area contributed by atoms with Gasteiger partial charge >= 0.3 is 6.03 Å². The number of hydrogen-bond donors (Lipinski definition) is 3. The van der Waals surface area contributed by atoms with Gasteiger partial charge in [0, 0.05) is 38.9 Å². The van der Waals surface area contributed by atoms with Gasteiger partial charge in [-0.3, -0.25) is 14.3 Å². The van der Waals surface area contributed by atoms with Crippen LogP contribution in [0.2, 0.25) is 0 Å². The van der Waals surface area contributed by atoms with Crippen LogP contribution in [0, 0.1) is 5.92 Å². The second-order valence-electron chi connectivity index (χ2n) is 10.3. The number of aromatic nitrogens is 3. The molecule has 1 aliphatic heterocycles. The van der Waals surface area contributed by atoms with E-state index in [1.807, 2.05) is 0 Å². The molecule has 15 heteroatoms. The predicted molar refractivity (Wildman–Crippen MR) is 139 cm³/mol. The van der Waals surface area contributed by atoms with E-state index < -0.39 is 73.6 Å². The monoisotopic (exact) mass is 583 g/mol. The Hall–Kier alpha value is -3.75. The molecule has 11 nitrogen and oxygen atoms in total. The highest BCUT2D eigenvalue weighted by Crippen LogP contribution is 2.38. The third kappa shape index (κ3) is 7.31. The van der Waals surface area contributed by atoms with Crippen LogP contribution in [0.15, 0.2) is 30.6 Å². The van der Waals surface area contributed by atoms with E-state index in [9.17, 15) is 31.9 Å². The summed E-state index contributed by atoms with van der Waals surface area (Å²) in [6.45, 7) is 0.482. The van der Waals surface area contributed by atoms with Crippen molar-refractivity contribution < 1.29 is 36.7 Å². The highest BCUT2D eigenvalue weighted by molar-refractivity contribution is 6.00. The second-order valence-corrected chi connectivity index (χ2v) is 10.3. The summed E-state index contributed by atoms with van der Waals surface area (Å²) in [6.07, 6.45) is 1.97. The molecular weight excluding hydrogens is 550 g/mol. The lowest BCUT2D eigenvalue weighted by Crippen LogP contribution is -2.58. The number of hydrogen-bond acceptors (Lipinski definition) is 6. The fourth-order valence-corrected chi connectivity index (χ4v) is 5.17. The van der Waals surface area contributed by atoms with Gasteiger partial charge in [-0.05, 0) is 49.4 Å². The number of urea groups is 1. The zero-order valence-corrected chi connectivity index (χ0v) is 22.7. The standard InChI is InChI=1S/C26H33F4N7O4/c1-3-37-18(7-11-33-37)22(38)35-21(16-4-8-25(27,28)9-5-16)23(39)34-20-12-17(6-10-31-20)19(13-41-2)36-15-26(29,30)14-32-24(36)40/h6-7,10-12,16,19,21H,3-5,8-9,13-15H2,1-2H3,(H,32,40)(H,35,38)(H,31,34,39)/t19-,21-/m1/s1. The first-order chi connectivity index (χ1) is 19.4. The normalized spacial score (nSPS) is 20.1. The zero-order valence-electron chi connectivity index (χ0n) is 22.7. The first-order valence-corrected chi connectivity index (χ1v) is 13.3. The molecule has 2 aliphatic rings. The van der Waals surface area contributed by atoms with E-state index in [-0.39, 0.29) is 31.0 Å². The molecule has 0 unspecified atom stereocenters. The maximum atomic E-state index is 14.1. The molecule has 0 spiro atoms. The molecule has 1 aliphatic carbocycles. The van der Waals surface area contributed by atoms with Crippen molar-refractivity contribution in [3.8, 4) is 0 Å². The number of carbonyl (C=O) groups is 3. The van der Waals surface area contributed by atoms with Crippen molar-refractivity contribution in [3.63, 3.8) is 0 Å². The third-order valence-electron chi connectivity index (χ3n) is 7.33. The predicted octanol–water partition coefficient (Wildman–Crippen LogP) is 3.21. The van der Waals surface area contributed by atoms with E-state index in [1.54, 1.807) is 6.92 Å². The van der Waals surface area contributed by atoms with E-state index in [4.69, 9.17) is 4.74 Å². The van der Waals surface area contributed by atoms with E-state index in [2.05, 4.69) is 26.0 Å². The summed E-state index contributed by atoms with van der Waals surface area (Å²) < 4.78 is 62.6. The van der Waals surface area contributed by atoms with Gasteiger partial charge in [0.05, 0.1) is 25.7 Å². The van der Waals surface area contributed by atoms with Crippen molar-refractivity contribution in [1.29, 1.82) is 0 Å². The number of aryl methyl sites for hydroxylation is 1. The number of nitrogens with zero attached hydrogens (tertiary/aromatic N) is 4. The summed E-state index contributed by atoms with van der Waals surface area (Å²) in [7, 11) is 1.36. The first-order valence-electron chi connectivity index (χ1n) is 13.3. The number of nitrogens with one attached hydrogen (secondary N) is 3. The van der Waals surface area contributed by atoms with Gasteiger partial charge in [-0.2, -0.15) is 5.10 Å². The number of alkyl halides is 4. The van der Waals surface area contributed by atoms with E-state index in [0.29, 0.717) is 12.1 Å². The van der Waals surface area contributed by atoms with Gasteiger partial charge in [-0.15, -0.1) is 0 Å². The minimum atomic E-state index is -3.15. The summed E-state index contributed by atoms with van der Waals surface area (Å²) in [5.74, 6) is -7.80. The van der Waals surface area contributed by atoms with Crippen LogP contribution in [0.4, 0.5) is 28.2 Å². The summed E-state index contributed by atoms with van der Waals surface area (Å²) in [5.41, 5.74) is 0.584. The van der Waals surface area contributed by atoms with Crippen molar-refractivity contribution >= 4 is 23.7 Å². The quantitative estimate of drug-likeness (QED) is 0.369. The molecule has 2 fully saturated rings. The molecule has 4 rings (SSSR count). The van der Waals surface area contributed by atoms with Gasteiger partial charge in [-0.1, -0.05) is 0 Å². The molecule has 41 heavy (non-hydrogen) atoms. The number of anilines is 1. The van der Waals surface area contributed by atoms with Crippen molar-refractivity contribution in [2.24, 2.45) is 5.92 Å². The summed E-state index contributed by atoms with van der Waals surface area (Å²) >= 11 is 0. The Kier molecular flexibility index (Phi) is 9.14. The number of methoxy groups -OCH3 is 1. The van der Waals surface area contributed by atoms with Crippen LogP contribution < -0.4 is 16.0 Å². The van der Waals surface area contributed by atoms with Crippen LogP contribution in [0.1, 0.15) is 54.7 Å². The van der Waals surface area contributed by atoms with Crippen molar-refractivity contribution in [1.82, 2.24) is 30.3 Å². The van der Waals surface area contributed by atoms with E-state index >= 15 is 0 Å². The number of carbonyl (C=O) groups excluding carboxylic acids is 3. The van der Waals surface area contributed by atoms with Crippen molar-refractivity contribution in [2.45, 2.75) is 63.1 Å². The lowest BCUT2D eigenvalue weighted by molar-refractivity contribution is -0.121. The number of rotatable bonds is 10. The van der Waals surface area contributed by atoms with Crippen LogP contribution in [-0.4, -0.2) is 82.2 Å². The first kappa shape index (κ1) is 30.2. The molecule has 1 saturated carbocycles. The fourth-order valence-electron chi connectivity index (χ4n) is 5.17. The minimum absolute atomic E-state index is 0.0140. The van der Waals surface area contributed by atoms with Gasteiger partial charge in [-0.25, -0.2) is 27.3 Å². The number of pyridine rings is 1. The number of halogens is 4. The zero-order chi connectivity index (χ0) is 29.8. The van der Waals surface area contributed by atoms with Crippen molar-refractivity contribution in [2.75, 3.05) is 32.1 Å². The highest BCUT2D eigenvalue weighted by atomic mass is 19.3. The molecule has 1 saturated heterocycles. The molecule has 3 N–H and O–H groups in total. The summed E-state index contributed by atoms with van der Waals surface area (Å²) in [5, 5.41) is 11.5. The fraction of sp³-hybridized carbons (Fsp3) is 0.577. The van der Waals surface area contributed by atoms with Crippen LogP contribution >= 0.6 is 0 Å². The minimum Gasteiger partial charge on any atom is -0.382 e. The Morgan fingerprint density at radius 3 is 2.59 bits per heavy atom. The van der Waals surface area contributed by atoms with Gasteiger partial charge in [0.2, 0.25) is 11.8 Å². The summed E-state index contributed by atoms with van der Waals surface area (Å²) in [6, 6.07) is 1.64. The molecule has 2 atom stereocenters. The highest BCUT2D eigenvalue weighted by Gasteiger charge is 2.43. The second kappa shape index (κ2) is 12.4. The molecule has 0 aromatic carbocycles. The van der Waals surface area contributed by atoms with Crippen LogP contribution in [0.5, 0.6) is 0 Å². The van der Waals surface area contributed by atoms with Gasteiger partial charge in [0.1, 0.15) is 17.6 Å². The number of amides is 4. The van der Waals surface area contributed by atoms with E-state index in [0.717, 1.165) is 4.90 Å². The van der Waals surface area contributed by atoms with Crippen LogP contribution in [-0.2, 0) is 16.1 Å². The molecule has 2 aromatic rings. The molecule has 2 aromatic heterocycles. The van der Waals surface area contributed by atoms with Crippen molar-refractivity contribution in [3.05, 3.63) is 41.9 Å².